The van der Waals surface area contributed by atoms with Crippen molar-refractivity contribution in [2.75, 3.05) is 0 Å². The first-order valence-corrected chi connectivity index (χ1v) is 7.37. The first-order chi connectivity index (χ1) is 9.54. The predicted molar refractivity (Wildman–Crippen MR) is 83.8 cm³/mol. The van der Waals surface area contributed by atoms with Gasteiger partial charge in [-0.05, 0) is 41.8 Å². The van der Waals surface area contributed by atoms with Crippen LogP contribution in [0.15, 0.2) is 45.6 Å². The van der Waals surface area contributed by atoms with Gasteiger partial charge in [-0.25, -0.2) is 4.79 Å². The number of H-pyrrole nitrogens is 1. The van der Waals surface area contributed by atoms with Crippen LogP contribution < -0.4 is 5.76 Å². The van der Waals surface area contributed by atoms with E-state index < -0.39 is 5.76 Å². The van der Waals surface area contributed by atoms with Gasteiger partial charge in [0, 0.05) is 5.02 Å². The van der Waals surface area contributed by atoms with Crippen molar-refractivity contribution in [3.8, 4) is 0 Å². The van der Waals surface area contributed by atoms with Crippen molar-refractivity contribution < 1.29 is 4.42 Å². The van der Waals surface area contributed by atoms with Gasteiger partial charge in [0.15, 0.2) is 5.58 Å². The zero-order chi connectivity index (χ0) is 14.3. The fourth-order valence-electron chi connectivity index (χ4n) is 2.14. The van der Waals surface area contributed by atoms with Gasteiger partial charge >= 0.3 is 5.76 Å². The molecule has 0 aliphatic heterocycles. The molecular formula is C15H11BrClNO2. The summed E-state index contributed by atoms with van der Waals surface area (Å²) in [6.07, 6.45) is 0. The summed E-state index contributed by atoms with van der Waals surface area (Å²) in [6.45, 7) is 1.97. The maximum Gasteiger partial charge on any atom is 0.417 e. The smallest absolute Gasteiger partial charge is 0.408 e. The zero-order valence-electron chi connectivity index (χ0n) is 10.6. The predicted octanol–water partition coefficient (Wildman–Crippen LogP) is 4.57. The van der Waals surface area contributed by atoms with Crippen LogP contribution in [0, 0.1) is 6.92 Å². The Bertz CT molecular complexity index is 837. The van der Waals surface area contributed by atoms with E-state index >= 15 is 0 Å². The molecule has 0 radical (unpaired) electrons. The molecular weight excluding hydrogens is 342 g/mol. The maximum atomic E-state index is 11.2. The van der Waals surface area contributed by atoms with Crippen LogP contribution in [-0.2, 0) is 0 Å². The van der Waals surface area contributed by atoms with E-state index in [0.29, 0.717) is 11.1 Å². The Labute approximate surface area is 128 Å². The van der Waals surface area contributed by atoms with Gasteiger partial charge in [-0.1, -0.05) is 45.7 Å². The lowest BCUT2D eigenvalue weighted by atomic mass is 10.0. The molecule has 0 aliphatic carbocycles. The Morgan fingerprint density at radius 2 is 1.90 bits per heavy atom. The van der Waals surface area contributed by atoms with Gasteiger partial charge in [-0.2, -0.15) is 0 Å². The highest BCUT2D eigenvalue weighted by atomic mass is 79.9. The quantitative estimate of drug-likeness (QED) is 0.687. The van der Waals surface area contributed by atoms with Crippen molar-refractivity contribution in [1.29, 1.82) is 0 Å². The molecule has 0 saturated carbocycles. The summed E-state index contributed by atoms with van der Waals surface area (Å²) in [5.41, 5.74) is 4.40. The third-order valence-electron chi connectivity index (χ3n) is 3.21. The van der Waals surface area contributed by atoms with Crippen LogP contribution >= 0.6 is 27.5 Å². The Morgan fingerprint density at radius 1 is 1.20 bits per heavy atom. The lowest BCUT2D eigenvalue weighted by molar-refractivity contribution is 0.555. The standard InChI is InChI=1S/C15H11BrClNO2/c1-8-6-9(2-4-11(8)17)14(16)10-3-5-12-13(7-10)20-15(19)18-12/h2-7,14H,1H3,(H,18,19). The van der Waals surface area contributed by atoms with Crippen LogP contribution in [0.3, 0.4) is 0 Å². The van der Waals surface area contributed by atoms with Gasteiger partial charge in [-0.3, -0.25) is 4.98 Å². The minimum absolute atomic E-state index is 0.0167. The molecule has 0 spiro atoms. The minimum Gasteiger partial charge on any atom is -0.408 e. The Hall–Kier alpha value is -1.52. The molecule has 0 aliphatic rings. The molecule has 0 saturated heterocycles. The van der Waals surface area contributed by atoms with Crippen molar-refractivity contribution in [2.24, 2.45) is 0 Å². The Balaban J connectivity index is 2.04. The number of alkyl halides is 1. The SMILES string of the molecule is Cc1cc(C(Br)c2ccc3[nH]c(=O)oc3c2)ccc1Cl. The van der Waals surface area contributed by atoms with E-state index in [2.05, 4.69) is 20.9 Å². The summed E-state index contributed by atoms with van der Waals surface area (Å²) in [4.78, 5) is 13.8. The second-order valence-electron chi connectivity index (χ2n) is 4.64. The normalized spacial score (nSPS) is 12.8. The maximum absolute atomic E-state index is 11.2. The summed E-state index contributed by atoms with van der Waals surface area (Å²) in [7, 11) is 0. The Kier molecular flexibility index (Phi) is 3.44. The Morgan fingerprint density at radius 3 is 2.65 bits per heavy atom. The number of fused-ring (bicyclic) bond motifs is 1. The number of rotatable bonds is 2. The molecule has 0 amide bonds. The van der Waals surface area contributed by atoms with E-state index in [-0.39, 0.29) is 4.83 Å². The minimum atomic E-state index is -0.439. The molecule has 0 bridgehead atoms. The topological polar surface area (TPSA) is 46.0 Å². The van der Waals surface area contributed by atoms with E-state index in [1.807, 2.05) is 43.3 Å². The van der Waals surface area contributed by atoms with E-state index in [0.717, 1.165) is 21.7 Å². The highest BCUT2D eigenvalue weighted by Crippen LogP contribution is 2.33. The number of benzene rings is 2. The second kappa shape index (κ2) is 5.11. The monoisotopic (exact) mass is 351 g/mol. The molecule has 102 valence electrons. The zero-order valence-corrected chi connectivity index (χ0v) is 13.0. The van der Waals surface area contributed by atoms with Crippen molar-refractivity contribution in [1.82, 2.24) is 4.98 Å². The molecule has 1 aromatic heterocycles. The van der Waals surface area contributed by atoms with Gasteiger partial charge in [0.05, 0.1) is 10.3 Å². The number of hydrogen-bond donors (Lipinski definition) is 1. The number of aryl methyl sites for hydroxylation is 1. The first kappa shape index (κ1) is 13.5. The van der Waals surface area contributed by atoms with Gasteiger partial charge in [-0.15, -0.1) is 0 Å². The molecule has 1 unspecified atom stereocenters. The van der Waals surface area contributed by atoms with Crippen molar-refractivity contribution in [2.45, 2.75) is 11.8 Å². The molecule has 1 heterocycles. The average molecular weight is 353 g/mol. The molecule has 3 nitrogen and oxygen atoms in total. The highest BCUT2D eigenvalue weighted by molar-refractivity contribution is 9.09. The molecule has 3 aromatic rings. The number of aromatic amines is 1. The summed E-state index contributed by atoms with van der Waals surface area (Å²) in [5, 5.41) is 0.750. The summed E-state index contributed by atoms with van der Waals surface area (Å²) < 4.78 is 5.08. The van der Waals surface area contributed by atoms with Crippen molar-refractivity contribution in [3.05, 3.63) is 68.7 Å². The van der Waals surface area contributed by atoms with Gasteiger partial charge in [0.2, 0.25) is 0 Å². The van der Waals surface area contributed by atoms with Crippen molar-refractivity contribution >= 4 is 38.6 Å². The lowest BCUT2D eigenvalue weighted by Gasteiger charge is -2.12. The van der Waals surface area contributed by atoms with E-state index in [1.165, 1.54) is 0 Å². The third-order valence-corrected chi connectivity index (χ3v) is 4.69. The molecule has 3 rings (SSSR count). The number of oxazole rings is 1. The number of halogens is 2. The number of nitrogens with one attached hydrogen (secondary N) is 1. The molecule has 0 fully saturated rings. The van der Waals surface area contributed by atoms with E-state index in [1.54, 1.807) is 0 Å². The summed E-state index contributed by atoms with van der Waals surface area (Å²) in [6, 6.07) is 11.6. The number of hydrogen-bond acceptors (Lipinski definition) is 2. The molecule has 5 heteroatoms. The van der Waals surface area contributed by atoms with E-state index in [4.69, 9.17) is 16.0 Å². The van der Waals surface area contributed by atoms with Crippen LogP contribution in [0.5, 0.6) is 0 Å². The molecule has 2 aromatic carbocycles. The van der Waals surface area contributed by atoms with Crippen LogP contribution in [-0.4, -0.2) is 4.98 Å². The van der Waals surface area contributed by atoms with Gasteiger partial charge in [0.1, 0.15) is 0 Å². The molecule has 20 heavy (non-hydrogen) atoms. The van der Waals surface area contributed by atoms with Gasteiger partial charge in [0.25, 0.3) is 0 Å². The van der Waals surface area contributed by atoms with Crippen LogP contribution in [0.1, 0.15) is 21.5 Å². The number of aromatic nitrogens is 1. The summed E-state index contributed by atoms with van der Waals surface area (Å²) in [5.74, 6) is -0.439. The van der Waals surface area contributed by atoms with Crippen LogP contribution in [0.25, 0.3) is 11.1 Å². The average Bonchev–Trinajstić information content (AvgIpc) is 2.80. The van der Waals surface area contributed by atoms with Crippen LogP contribution in [0.4, 0.5) is 0 Å². The molecule has 1 atom stereocenters. The first-order valence-electron chi connectivity index (χ1n) is 6.07. The fourth-order valence-corrected chi connectivity index (χ4v) is 2.82. The fraction of sp³-hybridized carbons (Fsp3) is 0.133. The largest absolute Gasteiger partial charge is 0.417 e. The summed E-state index contributed by atoms with van der Waals surface area (Å²) >= 11 is 9.72. The van der Waals surface area contributed by atoms with Crippen molar-refractivity contribution in [3.63, 3.8) is 0 Å². The van der Waals surface area contributed by atoms with E-state index in [9.17, 15) is 4.79 Å². The van der Waals surface area contributed by atoms with Gasteiger partial charge < -0.3 is 4.42 Å². The molecule has 1 N–H and O–H groups in total. The lowest BCUT2D eigenvalue weighted by Crippen LogP contribution is -1.93. The highest BCUT2D eigenvalue weighted by Gasteiger charge is 2.13. The van der Waals surface area contributed by atoms with Crippen LogP contribution in [0.2, 0.25) is 5.02 Å². The second-order valence-corrected chi connectivity index (χ2v) is 5.96. The third kappa shape index (κ3) is 2.41.